The fourth-order valence-electron chi connectivity index (χ4n) is 2.50. The van der Waals surface area contributed by atoms with Gasteiger partial charge in [0.15, 0.2) is 5.69 Å². The molecule has 104 valence electrons. The molecule has 0 atom stereocenters. The van der Waals surface area contributed by atoms with Crippen molar-refractivity contribution in [2.75, 3.05) is 17.6 Å². The first kappa shape index (κ1) is 13.6. The average Bonchev–Trinajstić information content (AvgIpc) is 2.39. The summed E-state index contributed by atoms with van der Waals surface area (Å²) in [6.45, 7) is 3.10. The highest BCUT2D eigenvalue weighted by Gasteiger charge is 2.18. The third-order valence-electron chi connectivity index (χ3n) is 3.84. The molecule has 19 heavy (non-hydrogen) atoms. The zero-order chi connectivity index (χ0) is 13.8. The summed E-state index contributed by atoms with van der Waals surface area (Å²) in [5, 5.41) is 12.1. The molecular formula is C14H21N3O2. The van der Waals surface area contributed by atoms with Crippen LogP contribution in [-0.2, 0) is 0 Å². The highest BCUT2D eigenvalue weighted by Crippen LogP contribution is 2.28. The summed E-state index contributed by atoms with van der Waals surface area (Å²) in [4.78, 5) is 14.9. The molecule has 0 amide bonds. The Morgan fingerprint density at radius 1 is 1.42 bits per heavy atom. The molecule has 1 fully saturated rings. The van der Waals surface area contributed by atoms with Crippen LogP contribution in [0.4, 0.5) is 11.5 Å². The van der Waals surface area contributed by atoms with Crippen LogP contribution in [0.5, 0.6) is 0 Å². The van der Waals surface area contributed by atoms with Gasteiger partial charge in [0.1, 0.15) is 5.82 Å². The third-order valence-corrected chi connectivity index (χ3v) is 3.84. The Labute approximate surface area is 113 Å². The minimum atomic E-state index is -1.03. The van der Waals surface area contributed by atoms with Crippen LogP contribution in [0, 0.1) is 11.8 Å². The first-order valence-corrected chi connectivity index (χ1v) is 6.80. The second-order valence-corrected chi connectivity index (χ2v) is 5.45. The quantitative estimate of drug-likeness (QED) is 0.777. The lowest BCUT2D eigenvalue weighted by Crippen LogP contribution is -2.21. The highest BCUT2D eigenvalue weighted by atomic mass is 16.4. The zero-order valence-electron chi connectivity index (χ0n) is 11.2. The minimum Gasteiger partial charge on any atom is -0.477 e. The lowest BCUT2D eigenvalue weighted by molar-refractivity contribution is 0.0690. The number of aromatic carboxylic acids is 1. The van der Waals surface area contributed by atoms with E-state index in [4.69, 9.17) is 10.8 Å². The average molecular weight is 263 g/mol. The Morgan fingerprint density at radius 2 is 2.11 bits per heavy atom. The molecule has 1 saturated carbocycles. The van der Waals surface area contributed by atoms with Crippen molar-refractivity contribution >= 4 is 17.5 Å². The van der Waals surface area contributed by atoms with E-state index in [-0.39, 0.29) is 5.69 Å². The molecule has 1 aromatic heterocycles. The smallest absolute Gasteiger partial charge is 0.354 e. The van der Waals surface area contributed by atoms with Gasteiger partial charge in [-0.15, -0.1) is 0 Å². The summed E-state index contributed by atoms with van der Waals surface area (Å²) in [6, 6.07) is 3.01. The topological polar surface area (TPSA) is 88.2 Å². The van der Waals surface area contributed by atoms with Gasteiger partial charge in [0, 0.05) is 6.54 Å². The number of carbonyl (C=O) groups is 1. The molecule has 1 aromatic rings. The maximum atomic E-state index is 10.9. The highest BCUT2D eigenvalue weighted by molar-refractivity contribution is 5.86. The van der Waals surface area contributed by atoms with E-state index < -0.39 is 5.97 Å². The van der Waals surface area contributed by atoms with Gasteiger partial charge in [-0.3, -0.25) is 0 Å². The summed E-state index contributed by atoms with van der Waals surface area (Å²) < 4.78 is 0. The third kappa shape index (κ3) is 3.59. The predicted octanol–water partition coefficient (Wildman–Crippen LogP) is 2.60. The Morgan fingerprint density at radius 3 is 2.74 bits per heavy atom. The molecule has 0 unspecified atom stereocenters. The van der Waals surface area contributed by atoms with Crippen LogP contribution < -0.4 is 11.1 Å². The number of pyridine rings is 1. The second-order valence-electron chi connectivity index (χ2n) is 5.45. The van der Waals surface area contributed by atoms with Crippen LogP contribution in [-0.4, -0.2) is 22.6 Å². The van der Waals surface area contributed by atoms with E-state index in [1.54, 1.807) is 6.07 Å². The first-order valence-electron chi connectivity index (χ1n) is 6.80. The second kappa shape index (κ2) is 5.91. The van der Waals surface area contributed by atoms with Crippen LogP contribution in [0.15, 0.2) is 12.1 Å². The Hall–Kier alpha value is -1.78. The van der Waals surface area contributed by atoms with Crippen LogP contribution >= 0.6 is 0 Å². The van der Waals surface area contributed by atoms with Crippen LogP contribution in [0.3, 0.4) is 0 Å². The largest absolute Gasteiger partial charge is 0.477 e. The fraction of sp³-hybridized carbons (Fsp3) is 0.571. The number of nitrogen functional groups attached to an aromatic ring is 1. The number of carboxylic acids is 1. The summed E-state index contributed by atoms with van der Waals surface area (Å²) in [7, 11) is 0. The Balaban J connectivity index is 1.95. The summed E-state index contributed by atoms with van der Waals surface area (Å²) >= 11 is 0. The van der Waals surface area contributed by atoms with Gasteiger partial charge >= 0.3 is 5.97 Å². The van der Waals surface area contributed by atoms with Crippen molar-refractivity contribution in [2.45, 2.75) is 32.6 Å². The molecule has 4 N–H and O–H groups in total. The number of carboxylic acid groups (broad SMARTS) is 1. The van der Waals surface area contributed by atoms with Crippen LogP contribution in [0.25, 0.3) is 0 Å². The van der Waals surface area contributed by atoms with E-state index in [0.717, 1.165) is 12.5 Å². The van der Waals surface area contributed by atoms with Crippen molar-refractivity contribution in [1.29, 1.82) is 0 Å². The molecule has 0 aliphatic heterocycles. The maximum Gasteiger partial charge on any atom is 0.354 e. The predicted molar refractivity (Wildman–Crippen MR) is 75.2 cm³/mol. The summed E-state index contributed by atoms with van der Waals surface area (Å²) in [5.41, 5.74) is 6.33. The van der Waals surface area contributed by atoms with Gasteiger partial charge in [0.2, 0.25) is 0 Å². The molecule has 0 radical (unpaired) electrons. The lowest BCUT2D eigenvalue weighted by atomic mass is 9.83. The summed E-state index contributed by atoms with van der Waals surface area (Å²) in [6.07, 6.45) is 4.97. The molecule has 2 rings (SSSR count). The number of hydrogen-bond donors (Lipinski definition) is 3. The normalized spacial score (nSPS) is 23.0. The Kier molecular flexibility index (Phi) is 4.24. The molecule has 0 aromatic carbocycles. The fourth-order valence-corrected chi connectivity index (χ4v) is 2.50. The molecular weight excluding hydrogens is 242 g/mol. The molecule has 0 saturated heterocycles. The van der Waals surface area contributed by atoms with E-state index in [2.05, 4.69) is 17.2 Å². The lowest BCUT2D eigenvalue weighted by Gasteiger charge is -2.26. The summed E-state index contributed by atoms with van der Waals surface area (Å²) in [5.74, 6) is 0.911. The number of aromatic nitrogens is 1. The van der Waals surface area contributed by atoms with Gasteiger partial charge in [0.25, 0.3) is 0 Å². The van der Waals surface area contributed by atoms with Crippen molar-refractivity contribution in [2.24, 2.45) is 11.8 Å². The molecule has 5 heteroatoms. The van der Waals surface area contributed by atoms with E-state index in [1.807, 2.05) is 0 Å². The van der Waals surface area contributed by atoms with E-state index >= 15 is 0 Å². The van der Waals surface area contributed by atoms with E-state index in [0.29, 0.717) is 17.4 Å². The Bertz CT molecular complexity index is 454. The minimum absolute atomic E-state index is 0.0222. The van der Waals surface area contributed by atoms with Gasteiger partial charge in [-0.05, 0) is 36.8 Å². The van der Waals surface area contributed by atoms with Gasteiger partial charge in [-0.1, -0.05) is 19.8 Å². The SMILES string of the molecule is CC1CCC(CNc2nc(C(=O)O)ccc2N)CC1. The zero-order valence-corrected chi connectivity index (χ0v) is 11.2. The van der Waals surface area contributed by atoms with Gasteiger partial charge in [-0.25, -0.2) is 9.78 Å². The van der Waals surface area contributed by atoms with Gasteiger partial charge < -0.3 is 16.2 Å². The van der Waals surface area contributed by atoms with Crippen LogP contribution in [0.1, 0.15) is 43.1 Å². The van der Waals surface area contributed by atoms with Crippen LogP contribution in [0.2, 0.25) is 0 Å². The van der Waals surface area contributed by atoms with Gasteiger partial charge in [0.05, 0.1) is 5.69 Å². The van der Waals surface area contributed by atoms with Crippen molar-refractivity contribution < 1.29 is 9.90 Å². The molecule has 0 spiro atoms. The monoisotopic (exact) mass is 263 g/mol. The van der Waals surface area contributed by atoms with Crippen molar-refractivity contribution in [1.82, 2.24) is 4.98 Å². The van der Waals surface area contributed by atoms with Crippen molar-refractivity contribution in [3.63, 3.8) is 0 Å². The molecule has 1 heterocycles. The maximum absolute atomic E-state index is 10.9. The number of nitrogens with one attached hydrogen (secondary N) is 1. The van der Waals surface area contributed by atoms with E-state index in [1.165, 1.54) is 31.7 Å². The standard InChI is InChI=1S/C14H21N3O2/c1-9-2-4-10(5-3-9)8-16-13-11(15)6-7-12(17-13)14(18)19/h6-7,9-10H,2-5,8,15H2,1H3,(H,16,17)(H,18,19). The molecule has 5 nitrogen and oxygen atoms in total. The molecule has 1 aliphatic carbocycles. The number of nitrogens with zero attached hydrogens (tertiary/aromatic N) is 1. The van der Waals surface area contributed by atoms with E-state index in [9.17, 15) is 4.79 Å². The number of nitrogens with two attached hydrogens (primary N) is 1. The van der Waals surface area contributed by atoms with Crippen molar-refractivity contribution in [3.8, 4) is 0 Å². The first-order chi connectivity index (χ1) is 9.06. The van der Waals surface area contributed by atoms with Crippen molar-refractivity contribution in [3.05, 3.63) is 17.8 Å². The van der Waals surface area contributed by atoms with Gasteiger partial charge in [-0.2, -0.15) is 0 Å². The number of anilines is 2. The molecule has 1 aliphatic rings. The number of rotatable bonds is 4. The molecule has 0 bridgehead atoms. The number of hydrogen-bond acceptors (Lipinski definition) is 4.